The van der Waals surface area contributed by atoms with E-state index in [1.807, 2.05) is 20.8 Å². The Morgan fingerprint density at radius 2 is 1.47 bits per heavy atom. The smallest absolute Gasteiger partial charge is 0.211 e. The number of hydrogen-bond acceptors (Lipinski definition) is 2. The predicted molar refractivity (Wildman–Crippen MR) is 68.7 cm³/mol. The molecular weight excluding hydrogens is 301 g/mol. The fourth-order valence-electron chi connectivity index (χ4n) is 1.67. The summed E-state index contributed by atoms with van der Waals surface area (Å²) < 4.78 is 60.5. The van der Waals surface area contributed by atoms with Crippen molar-refractivity contribution in [1.82, 2.24) is 0 Å². The molecular formula is C12H14ClF3O2S. The van der Waals surface area contributed by atoms with Crippen molar-refractivity contribution in [2.75, 3.05) is 0 Å². The molecule has 0 aromatic heterocycles. The molecule has 2 nitrogen and oxygen atoms in total. The van der Waals surface area contributed by atoms with Gasteiger partial charge in [0.1, 0.15) is 0 Å². The second kappa shape index (κ2) is 4.98. The van der Waals surface area contributed by atoms with E-state index in [-0.39, 0.29) is 11.0 Å². The summed E-state index contributed by atoms with van der Waals surface area (Å²) in [6, 6.07) is 5.27. The van der Waals surface area contributed by atoms with E-state index in [1.54, 1.807) is 0 Å². The molecule has 0 amide bonds. The molecule has 0 aliphatic carbocycles. The van der Waals surface area contributed by atoms with Crippen molar-refractivity contribution in [2.45, 2.75) is 37.6 Å². The SMILES string of the molecule is CC(C)(C)c1ccc(C(C(F)(F)F)S(=O)(=O)Cl)cc1. The summed E-state index contributed by atoms with van der Waals surface area (Å²) in [6.45, 7) is 5.71. The molecule has 1 aromatic carbocycles. The predicted octanol–water partition coefficient (Wildman–Crippen LogP) is 4.16. The van der Waals surface area contributed by atoms with Crippen molar-refractivity contribution in [3.63, 3.8) is 0 Å². The molecule has 0 radical (unpaired) electrons. The lowest BCUT2D eigenvalue weighted by Gasteiger charge is -2.21. The van der Waals surface area contributed by atoms with Crippen LogP contribution in [0.5, 0.6) is 0 Å². The Morgan fingerprint density at radius 3 is 1.74 bits per heavy atom. The van der Waals surface area contributed by atoms with Crippen molar-refractivity contribution in [3.05, 3.63) is 35.4 Å². The van der Waals surface area contributed by atoms with Gasteiger partial charge in [-0.05, 0) is 16.5 Å². The van der Waals surface area contributed by atoms with Crippen LogP contribution in [0.4, 0.5) is 13.2 Å². The highest BCUT2D eigenvalue weighted by Gasteiger charge is 2.49. The van der Waals surface area contributed by atoms with E-state index >= 15 is 0 Å². The average Bonchev–Trinajstić information content (AvgIpc) is 2.12. The number of rotatable bonds is 2. The van der Waals surface area contributed by atoms with Gasteiger partial charge < -0.3 is 0 Å². The Morgan fingerprint density at radius 1 is 1.05 bits per heavy atom. The summed E-state index contributed by atoms with van der Waals surface area (Å²) in [5.41, 5.74) is 0.200. The van der Waals surface area contributed by atoms with Crippen molar-refractivity contribution in [3.8, 4) is 0 Å². The highest BCUT2D eigenvalue weighted by molar-refractivity contribution is 8.14. The summed E-state index contributed by atoms with van der Waals surface area (Å²) >= 11 is 0. The first-order valence-corrected chi connectivity index (χ1v) is 7.81. The van der Waals surface area contributed by atoms with Crippen molar-refractivity contribution < 1.29 is 21.6 Å². The molecule has 0 fully saturated rings. The van der Waals surface area contributed by atoms with Crippen LogP contribution in [0.2, 0.25) is 0 Å². The Hall–Kier alpha value is -0.750. The van der Waals surface area contributed by atoms with Crippen molar-refractivity contribution in [1.29, 1.82) is 0 Å². The van der Waals surface area contributed by atoms with E-state index in [0.717, 1.165) is 17.7 Å². The normalized spacial score (nSPS) is 15.3. The zero-order chi connectivity index (χ0) is 15.1. The van der Waals surface area contributed by atoms with Gasteiger partial charge >= 0.3 is 6.18 Å². The molecule has 19 heavy (non-hydrogen) atoms. The minimum Gasteiger partial charge on any atom is -0.211 e. The van der Waals surface area contributed by atoms with Crippen LogP contribution in [0.15, 0.2) is 24.3 Å². The van der Waals surface area contributed by atoms with E-state index in [4.69, 9.17) is 10.7 Å². The largest absolute Gasteiger partial charge is 0.410 e. The van der Waals surface area contributed by atoms with Crippen LogP contribution in [0.3, 0.4) is 0 Å². The standard InChI is InChI=1S/C12H14ClF3O2S/c1-11(2,3)9-6-4-8(5-7-9)10(12(14,15)16)19(13,17)18/h4-7,10H,1-3H3. The highest BCUT2D eigenvalue weighted by Crippen LogP contribution is 2.41. The summed E-state index contributed by atoms with van der Waals surface area (Å²) in [6.07, 6.45) is -4.94. The van der Waals surface area contributed by atoms with E-state index < -0.39 is 20.5 Å². The minimum absolute atomic E-state index is 0.230. The third kappa shape index (κ3) is 4.11. The second-order valence-electron chi connectivity index (χ2n) is 5.27. The Bertz CT molecular complexity index is 542. The zero-order valence-corrected chi connectivity index (χ0v) is 12.2. The lowest BCUT2D eigenvalue weighted by Crippen LogP contribution is -2.26. The molecule has 0 bridgehead atoms. The molecule has 0 heterocycles. The Kier molecular flexibility index (Phi) is 4.27. The van der Waals surface area contributed by atoms with Gasteiger partial charge in [0.15, 0.2) is 5.25 Å². The summed E-state index contributed by atoms with van der Waals surface area (Å²) in [5.74, 6) is 0. The van der Waals surface area contributed by atoms with Crippen LogP contribution in [0, 0.1) is 0 Å². The maximum Gasteiger partial charge on any atom is 0.410 e. The van der Waals surface area contributed by atoms with Crippen LogP contribution in [-0.2, 0) is 14.5 Å². The Labute approximate surface area is 115 Å². The van der Waals surface area contributed by atoms with Crippen molar-refractivity contribution >= 4 is 19.7 Å². The van der Waals surface area contributed by atoms with Crippen LogP contribution < -0.4 is 0 Å². The molecule has 0 saturated carbocycles. The van der Waals surface area contributed by atoms with Gasteiger partial charge in [0, 0.05) is 10.7 Å². The molecule has 0 spiro atoms. The summed E-state index contributed by atoms with van der Waals surface area (Å²) in [5, 5.41) is -2.70. The molecule has 1 atom stereocenters. The van der Waals surface area contributed by atoms with Gasteiger partial charge in [-0.25, -0.2) is 8.42 Å². The quantitative estimate of drug-likeness (QED) is 0.768. The van der Waals surface area contributed by atoms with E-state index in [1.165, 1.54) is 12.1 Å². The lowest BCUT2D eigenvalue weighted by atomic mass is 9.86. The Balaban J connectivity index is 3.28. The second-order valence-corrected chi connectivity index (χ2v) is 7.98. The van der Waals surface area contributed by atoms with Gasteiger partial charge in [-0.1, -0.05) is 45.0 Å². The number of benzene rings is 1. The molecule has 0 saturated heterocycles. The highest BCUT2D eigenvalue weighted by atomic mass is 35.7. The third-order valence-electron chi connectivity index (χ3n) is 2.66. The number of alkyl halides is 3. The fraction of sp³-hybridized carbons (Fsp3) is 0.500. The van der Waals surface area contributed by atoms with Crippen LogP contribution in [0.25, 0.3) is 0 Å². The molecule has 0 N–H and O–H groups in total. The summed E-state index contributed by atoms with van der Waals surface area (Å²) in [7, 11) is 0.123. The minimum atomic E-state index is -4.94. The topological polar surface area (TPSA) is 34.1 Å². The molecule has 0 aliphatic heterocycles. The number of halogens is 4. The molecule has 108 valence electrons. The number of hydrogen-bond donors (Lipinski definition) is 0. The fourth-order valence-corrected chi connectivity index (χ4v) is 3.08. The van der Waals surface area contributed by atoms with E-state index in [9.17, 15) is 21.6 Å². The van der Waals surface area contributed by atoms with Gasteiger partial charge in [-0.15, -0.1) is 0 Å². The molecule has 1 unspecified atom stereocenters. The van der Waals surface area contributed by atoms with Gasteiger partial charge in [-0.3, -0.25) is 0 Å². The average molecular weight is 315 g/mol. The van der Waals surface area contributed by atoms with E-state index in [0.29, 0.717) is 0 Å². The zero-order valence-electron chi connectivity index (χ0n) is 10.6. The maximum absolute atomic E-state index is 12.8. The molecule has 1 rings (SSSR count). The van der Waals surface area contributed by atoms with Gasteiger partial charge in [0.25, 0.3) is 0 Å². The first kappa shape index (κ1) is 16.3. The van der Waals surface area contributed by atoms with Gasteiger partial charge in [0.2, 0.25) is 9.05 Å². The summed E-state index contributed by atoms with van der Waals surface area (Å²) in [4.78, 5) is 0. The monoisotopic (exact) mass is 314 g/mol. The first-order chi connectivity index (χ1) is 8.33. The van der Waals surface area contributed by atoms with Crippen LogP contribution in [-0.4, -0.2) is 14.6 Å². The molecule has 0 aliphatic rings. The van der Waals surface area contributed by atoms with Crippen molar-refractivity contribution in [2.24, 2.45) is 0 Å². The van der Waals surface area contributed by atoms with Gasteiger partial charge in [0.05, 0.1) is 0 Å². The lowest BCUT2D eigenvalue weighted by molar-refractivity contribution is -0.131. The third-order valence-corrected chi connectivity index (χ3v) is 4.30. The molecule has 1 aromatic rings. The molecule has 7 heteroatoms. The van der Waals surface area contributed by atoms with Crippen LogP contribution in [0.1, 0.15) is 37.1 Å². The first-order valence-electron chi connectivity index (χ1n) is 5.44. The maximum atomic E-state index is 12.8. The van der Waals surface area contributed by atoms with E-state index in [2.05, 4.69) is 0 Å². The van der Waals surface area contributed by atoms with Crippen LogP contribution >= 0.6 is 10.7 Å². The van der Waals surface area contributed by atoms with Gasteiger partial charge in [-0.2, -0.15) is 13.2 Å².